The van der Waals surface area contributed by atoms with Crippen LogP contribution in [0.3, 0.4) is 0 Å². The molecule has 3 rings (SSSR count). The number of hydrogen-bond acceptors (Lipinski definition) is 6. The van der Waals surface area contributed by atoms with Crippen LogP contribution < -0.4 is 14.4 Å². The highest BCUT2D eigenvalue weighted by molar-refractivity contribution is 8.27. The number of anilines is 1. The van der Waals surface area contributed by atoms with Gasteiger partial charge in [-0.25, -0.2) is 0 Å². The van der Waals surface area contributed by atoms with Crippen LogP contribution in [0.5, 0.6) is 11.5 Å². The number of ether oxygens (including phenoxy) is 2. The molecule has 1 aromatic heterocycles. The largest absolute Gasteiger partial charge is 0.493 e. The van der Waals surface area contributed by atoms with Gasteiger partial charge in [0.15, 0.2) is 15.8 Å². The van der Waals surface area contributed by atoms with Gasteiger partial charge < -0.3 is 9.47 Å². The normalized spacial score (nSPS) is 15.6. The molecule has 26 heavy (non-hydrogen) atoms. The first-order valence-electron chi connectivity index (χ1n) is 8.13. The van der Waals surface area contributed by atoms with Crippen molar-refractivity contribution in [3.63, 3.8) is 0 Å². The molecule has 0 bridgehead atoms. The van der Waals surface area contributed by atoms with E-state index in [9.17, 15) is 4.79 Å². The summed E-state index contributed by atoms with van der Waals surface area (Å²) >= 11 is 6.64. The maximum Gasteiger partial charge on any atom is 0.270 e. The maximum atomic E-state index is 12.8. The molecule has 1 aliphatic heterocycles. The van der Waals surface area contributed by atoms with Gasteiger partial charge in [0.25, 0.3) is 5.91 Å². The van der Waals surface area contributed by atoms with Crippen LogP contribution in [0.2, 0.25) is 0 Å². The third kappa shape index (κ3) is 3.89. The minimum Gasteiger partial charge on any atom is -0.493 e. The molecule has 0 saturated carbocycles. The lowest BCUT2D eigenvalue weighted by Gasteiger charge is -2.13. The van der Waals surface area contributed by atoms with E-state index in [4.69, 9.17) is 21.7 Å². The van der Waals surface area contributed by atoms with Crippen molar-refractivity contribution in [3.05, 3.63) is 53.2 Å². The summed E-state index contributed by atoms with van der Waals surface area (Å²) < 4.78 is 11.5. The standard InChI is InChI=1S/C19H18N2O3S2/c1-3-9-24-16-10-13(6-7-15(16)23-2)11-17-18(22)21(19(25)26-17)14-5-4-8-20-12-14/h4-8,10-12H,3,9H2,1-2H3/b17-11-. The third-order valence-electron chi connectivity index (χ3n) is 3.64. The van der Waals surface area contributed by atoms with Crippen molar-refractivity contribution in [1.82, 2.24) is 4.98 Å². The number of amides is 1. The van der Waals surface area contributed by atoms with Gasteiger partial charge >= 0.3 is 0 Å². The van der Waals surface area contributed by atoms with Crippen LogP contribution in [-0.4, -0.2) is 28.9 Å². The zero-order valence-corrected chi connectivity index (χ0v) is 16.1. The summed E-state index contributed by atoms with van der Waals surface area (Å²) in [6.07, 6.45) is 6.00. The van der Waals surface area contributed by atoms with Crippen LogP contribution >= 0.6 is 24.0 Å². The molecular formula is C19H18N2O3S2. The molecule has 1 fully saturated rings. The van der Waals surface area contributed by atoms with Crippen molar-refractivity contribution in [3.8, 4) is 11.5 Å². The lowest BCUT2D eigenvalue weighted by molar-refractivity contribution is -0.113. The van der Waals surface area contributed by atoms with E-state index in [1.54, 1.807) is 25.6 Å². The number of carbonyl (C=O) groups is 1. The van der Waals surface area contributed by atoms with Crippen molar-refractivity contribution >= 4 is 46.0 Å². The molecule has 5 nitrogen and oxygen atoms in total. The van der Waals surface area contributed by atoms with Gasteiger partial charge in [0.2, 0.25) is 0 Å². The Labute approximate surface area is 162 Å². The van der Waals surface area contributed by atoms with Crippen LogP contribution in [0.1, 0.15) is 18.9 Å². The summed E-state index contributed by atoms with van der Waals surface area (Å²) in [6, 6.07) is 9.17. The van der Waals surface area contributed by atoms with Gasteiger partial charge in [-0.1, -0.05) is 37.0 Å². The van der Waals surface area contributed by atoms with Crippen molar-refractivity contribution < 1.29 is 14.3 Å². The fraction of sp³-hybridized carbons (Fsp3) is 0.211. The fourth-order valence-corrected chi connectivity index (χ4v) is 3.73. The van der Waals surface area contributed by atoms with E-state index in [0.717, 1.165) is 12.0 Å². The molecular weight excluding hydrogens is 368 g/mol. The van der Waals surface area contributed by atoms with Gasteiger partial charge in [-0.3, -0.25) is 14.7 Å². The number of carbonyl (C=O) groups excluding carboxylic acids is 1. The van der Waals surface area contributed by atoms with Crippen LogP contribution in [-0.2, 0) is 4.79 Å². The number of hydrogen-bond donors (Lipinski definition) is 0. The number of thiocarbonyl (C=S) groups is 1. The molecule has 134 valence electrons. The number of benzene rings is 1. The molecule has 0 atom stereocenters. The van der Waals surface area contributed by atoms with Crippen molar-refractivity contribution in [2.45, 2.75) is 13.3 Å². The van der Waals surface area contributed by atoms with Crippen LogP contribution in [0.25, 0.3) is 6.08 Å². The minimum absolute atomic E-state index is 0.153. The molecule has 7 heteroatoms. The first-order chi connectivity index (χ1) is 12.6. The second-order valence-electron chi connectivity index (χ2n) is 5.49. The van der Waals surface area contributed by atoms with Gasteiger partial charge in [-0.05, 0) is 42.3 Å². The summed E-state index contributed by atoms with van der Waals surface area (Å²) in [4.78, 5) is 18.9. The molecule has 0 aliphatic carbocycles. The highest BCUT2D eigenvalue weighted by Gasteiger charge is 2.33. The number of aromatic nitrogens is 1. The summed E-state index contributed by atoms with van der Waals surface area (Å²) in [5, 5.41) is 0. The Hall–Kier alpha value is -2.38. The van der Waals surface area contributed by atoms with Gasteiger partial charge in [0.05, 0.1) is 30.5 Å². The monoisotopic (exact) mass is 386 g/mol. The summed E-state index contributed by atoms with van der Waals surface area (Å²) in [6.45, 7) is 2.64. The van der Waals surface area contributed by atoms with Gasteiger partial charge in [-0.15, -0.1) is 0 Å². The highest BCUT2D eigenvalue weighted by Crippen LogP contribution is 2.37. The second-order valence-corrected chi connectivity index (χ2v) is 7.16. The zero-order valence-electron chi connectivity index (χ0n) is 14.5. The van der Waals surface area contributed by atoms with Crippen molar-refractivity contribution in [2.75, 3.05) is 18.6 Å². The van der Waals surface area contributed by atoms with E-state index in [2.05, 4.69) is 4.98 Å². The third-order valence-corrected chi connectivity index (χ3v) is 4.95. The van der Waals surface area contributed by atoms with E-state index in [-0.39, 0.29) is 5.91 Å². The minimum atomic E-state index is -0.153. The molecule has 0 N–H and O–H groups in total. The number of pyridine rings is 1. The second kappa shape index (κ2) is 8.33. The Kier molecular flexibility index (Phi) is 5.90. The fourth-order valence-electron chi connectivity index (χ4n) is 2.44. The van der Waals surface area contributed by atoms with Crippen molar-refractivity contribution in [1.29, 1.82) is 0 Å². The molecule has 2 heterocycles. The van der Waals surface area contributed by atoms with Crippen LogP contribution in [0, 0.1) is 0 Å². The lowest BCUT2D eigenvalue weighted by Crippen LogP contribution is -2.27. The first kappa shape index (κ1) is 18.4. The predicted molar refractivity (Wildman–Crippen MR) is 109 cm³/mol. The lowest BCUT2D eigenvalue weighted by atomic mass is 10.2. The topological polar surface area (TPSA) is 51.7 Å². The molecule has 1 aromatic carbocycles. The van der Waals surface area contributed by atoms with Crippen molar-refractivity contribution in [2.24, 2.45) is 0 Å². The predicted octanol–water partition coefficient (Wildman–Crippen LogP) is 4.28. The Balaban J connectivity index is 1.88. The van der Waals surface area contributed by atoms with Crippen LogP contribution in [0.15, 0.2) is 47.6 Å². The first-order valence-corrected chi connectivity index (χ1v) is 9.35. The highest BCUT2D eigenvalue weighted by atomic mass is 32.2. The molecule has 1 saturated heterocycles. The smallest absolute Gasteiger partial charge is 0.270 e. The maximum absolute atomic E-state index is 12.8. The average Bonchev–Trinajstić information content (AvgIpc) is 2.94. The van der Waals surface area contributed by atoms with E-state index in [1.165, 1.54) is 16.7 Å². The Bertz CT molecular complexity index is 853. The molecule has 1 aliphatic rings. The Morgan fingerprint density at radius 2 is 2.15 bits per heavy atom. The molecule has 2 aromatic rings. The van der Waals surface area contributed by atoms with E-state index >= 15 is 0 Å². The quantitative estimate of drug-likeness (QED) is 0.545. The van der Waals surface area contributed by atoms with E-state index < -0.39 is 0 Å². The Morgan fingerprint density at radius 1 is 1.31 bits per heavy atom. The molecule has 1 amide bonds. The molecule has 0 unspecified atom stereocenters. The number of nitrogens with zero attached hydrogens (tertiary/aromatic N) is 2. The number of rotatable bonds is 6. The molecule has 0 spiro atoms. The number of methoxy groups -OCH3 is 1. The van der Waals surface area contributed by atoms with Gasteiger partial charge in [0.1, 0.15) is 0 Å². The number of thioether (sulfide) groups is 1. The van der Waals surface area contributed by atoms with Gasteiger partial charge in [0, 0.05) is 6.20 Å². The zero-order chi connectivity index (χ0) is 18.5. The summed E-state index contributed by atoms with van der Waals surface area (Å²) in [7, 11) is 1.60. The average molecular weight is 386 g/mol. The summed E-state index contributed by atoms with van der Waals surface area (Å²) in [5.74, 6) is 1.17. The SMILES string of the molecule is CCCOc1cc(/C=C2\SC(=S)N(c3cccnc3)C2=O)ccc1OC. The Morgan fingerprint density at radius 3 is 2.85 bits per heavy atom. The van der Waals surface area contributed by atoms with E-state index in [1.807, 2.05) is 37.3 Å². The molecule has 0 radical (unpaired) electrons. The van der Waals surface area contributed by atoms with Gasteiger partial charge in [-0.2, -0.15) is 0 Å². The van der Waals surface area contributed by atoms with E-state index in [0.29, 0.717) is 33.0 Å². The summed E-state index contributed by atoms with van der Waals surface area (Å²) in [5.41, 5.74) is 1.52. The van der Waals surface area contributed by atoms with Crippen LogP contribution in [0.4, 0.5) is 5.69 Å².